The molecule has 2 heterocycles. The number of ether oxygens (including phenoxy) is 1. The van der Waals surface area contributed by atoms with E-state index in [1.165, 1.54) is 0 Å². The number of anilines is 1. The second-order valence-electron chi connectivity index (χ2n) is 4.02. The fourth-order valence-electron chi connectivity index (χ4n) is 1.96. The summed E-state index contributed by atoms with van der Waals surface area (Å²) in [6.45, 7) is 6.08. The molecule has 0 aromatic carbocycles. The minimum absolute atomic E-state index is 0.285. The van der Waals surface area contributed by atoms with Crippen LogP contribution in [0.3, 0.4) is 0 Å². The number of pyridine rings is 1. The quantitative estimate of drug-likeness (QED) is 0.784. The van der Waals surface area contributed by atoms with E-state index in [0.717, 1.165) is 23.2 Å². The molecule has 1 saturated heterocycles. The maximum atomic E-state index is 5.69. The molecule has 1 aliphatic heterocycles. The first-order valence-electron chi connectivity index (χ1n) is 5.16. The van der Waals surface area contributed by atoms with Gasteiger partial charge in [0, 0.05) is 23.8 Å². The standard InChI is InChI=1S/C11H15BrN2O/c1-8-6-14(7-9(2)15-8)11-3-10(12)4-13-5-11/h3-5,8-9H,6-7H2,1-2H3/t8-,9-/m0/s1. The monoisotopic (exact) mass is 270 g/mol. The summed E-state index contributed by atoms with van der Waals surface area (Å²) in [5.74, 6) is 0. The lowest BCUT2D eigenvalue weighted by Gasteiger charge is -2.36. The Kier molecular flexibility index (Phi) is 3.26. The van der Waals surface area contributed by atoms with Crippen LogP contribution >= 0.6 is 15.9 Å². The average molecular weight is 271 g/mol. The van der Waals surface area contributed by atoms with E-state index in [0.29, 0.717) is 0 Å². The van der Waals surface area contributed by atoms with E-state index < -0.39 is 0 Å². The first kappa shape index (κ1) is 10.9. The van der Waals surface area contributed by atoms with E-state index in [9.17, 15) is 0 Å². The summed E-state index contributed by atoms with van der Waals surface area (Å²) >= 11 is 3.44. The van der Waals surface area contributed by atoms with Crippen LogP contribution in [0.15, 0.2) is 22.9 Å². The minimum Gasteiger partial charge on any atom is -0.372 e. The van der Waals surface area contributed by atoms with Gasteiger partial charge in [0.05, 0.1) is 24.1 Å². The Morgan fingerprint density at radius 3 is 2.60 bits per heavy atom. The summed E-state index contributed by atoms with van der Waals surface area (Å²) < 4.78 is 6.71. The molecule has 0 N–H and O–H groups in total. The number of morpholine rings is 1. The second-order valence-corrected chi connectivity index (χ2v) is 4.94. The highest BCUT2D eigenvalue weighted by atomic mass is 79.9. The summed E-state index contributed by atoms with van der Waals surface area (Å²) in [4.78, 5) is 6.50. The third-order valence-corrected chi connectivity index (χ3v) is 2.91. The topological polar surface area (TPSA) is 25.4 Å². The molecule has 0 unspecified atom stereocenters. The molecule has 0 bridgehead atoms. The van der Waals surface area contributed by atoms with Crippen molar-refractivity contribution in [2.45, 2.75) is 26.1 Å². The van der Waals surface area contributed by atoms with Gasteiger partial charge in [0.15, 0.2) is 0 Å². The Morgan fingerprint density at radius 1 is 1.33 bits per heavy atom. The van der Waals surface area contributed by atoms with E-state index in [1.807, 2.05) is 6.20 Å². The Bertz CT molecular complexity index is 335. The fraction of sp³-hybridized carbons (Fsp3) is 0.545. The van der Waals surface area contributed by atoms with Gasteiger partial charge in [-0.1, -0.05) is 0 Å². The smallest absolute Gasteiger partial charge is 0.0726 e. The highest BCUT2D eigenvalue weighted by Gasteiger charge is 2.22. The van der Waals surface area contributed by atoms with Crippen molar-refractivity contribution in [2.75, 3.05) is 18.0 Å². The molecular formula is C11H15BrN2O. The van der Waals surface area contributed by atoms with Crippen molar-refractivity contribution in [1.82, 2.24) is 4.98 Å². The molecule has 2 rings (SSSR count). The summed E-state index contributed by atoms with van der Waals surface area (Å²) in [7, 11) is 0. The van der Waals surface area contributed by atoms with Crippen LogP contribution < -0.4 is 4.90 Å². The van der Waals surface area contributed by atoms with E-state index in [-0.39, 0.29) is 12.2 Å². The summed E-state index contributed by atoms with van der Waals surface area (Å²) in [6.07, 6.45) is 4.27. The number of aromatic nitrogens is 1. The first-order chi connectivity index (χ1) is 7.15. The third kappa shape index (κ3) is 2.69. The van der Waals surface area contributed by atoms with Gasteiger partial charge in [-0.15, -0.1) is 0 Å². The Labute approximate surface area is 98.6 Å². The van der Waals surface area contributed by atoms with Gasteiger partial charge in [-0.3, -0.25) is 4.98 Å². The SMILES string of the molecule is C[C@H]1CN(c2cncc(Br)c2)C[C@H](C)O1. The van der Waals surface area contributed by atoms with Crippen LogP contribution in [0.2, 0.25) is 0 Å². The highest BCUT2D eigenvalue weighted by Crippen LogP contribution is 2.22. The molecule has 1 fully saturated rings. The molecule has 1 aliphatic rings. The zero-order valence-corrected chi connectivity index (χ0v) is 10.6. The largest absolute Gasteiger partial charge is 0.372 e. The van der Waals surface area contributed by atoms with E-state index >= 15 is 0 Å². The molecule has 15 heavy (non-hydrogen) atoms. The van der Waals surface area contributed by atoms with Crippen LogP contribution in [0, 0.1) is 0 Å². The van der Waals surface area contributed by atoms with Gasteiger partial charge in [0.25, 0.3) is 0 Å². The fourth-order valence-corrected chi connectivity index (χ4v) is 2.32. The zero-order chi connectivity index (χ0) is 10.8. The molecule has 1 aromatic rings. The number of halogens is 1. The van der Waals surface area contributed by atoms with Crippen LogP contribution in [0.1, 0.15) is 13.8 Å². The molecule has 2 atom stereocenters. The van der Waals surface area contributed by atoms with E-state index in [4.69, 9.17) is 4.74 Å². The van der Waals surface area contributed by atoms with E-state index in [2.05, 4.69) is 45.7 Å². The predicted molar refractivity (Wildman–Crippen MR) is 64.2 cm³/mol. The van der Waals surface area contributed by atoms with Crippen molar-refractivity contribution in [3.63, 3.8) is 0 Å². The van der Waals surface area contributed by atoms with Crippen molar-refractivity contribution in [3.05, 3.63) is 22.9 Å². The maximum Gasteiger partial charge on any atom is 0.0726 e. The van der Waals surface area contributed by atoms with Crippen molar-refractivity contribution in [1.29, 1.82) is 0 Å². The normalized spacial score (nSPS) is 26.7. The molecule has 0 aliphatic carbocycles. The third-order valence-electron chi connectivity index (χ3n) is 2.48. The molecule has 0 radical (unpaired) electrons. The number of nitrogens with zero attached hydrogens (tertiary/aromatic N) is 2. The molecule has 82 valence electrons. The average Bonchev–Trinajstić information content (AvgIpc) is 2.16. The molecule has 0 spiro atoms. The minimum atomic E-state index is 0.285. The van der Waals surface area contributed by atoms with Crippen molar-refractivity contribution < 1.29 is 4.74 Å². The van der Waals surface area contributed by atoms with Crippen molar-refractivity contribution in [3.8, 4) is 0 Å². The van der Waals surface area contributed by atoms with Crippen LogP contribution in [0.4, 0.5) is 5.69 Å². The number of hydrogen-bond donors (Lipinski definition) is 0. The van der Waals surface area contributed by atoms with Crippen LogP contribution in [0.5, 0.6) is 0 Å². The van der Waals surface area contributed by atoms with Gasteiger partial charge in [0.2, 0.25) is 0 Å². The van der Waals surface area contributed by atoms with Gasteiger partial charge in [-0.05, 0) is 35.8 Å². The number of rotatable bonds is 1. The molecule has 0 saturated carbocycles. The van der Waals surface area contributed by atoms with Crippen LogP contribution in [0.25, 0.3) is 0 Å². The van der Waals surface area contributed by atoms with Crippen molar-refractivity contribution in [2.24, 2.45) is 0 Å². The molecular weight excluding hydrogens is 256 g/mol. The highest BCUT2D eigenvalue weighted by molar-refractivity contribution is 9.10. The van der Waals surface area contributed by atoms with E-state index in [1.54, 1.807) is 6.20 Å². The summed E-state index contributed by atoms with van der Waals surface area (Å²) in [5, 5.41) is 0. The first-order valence-corrected chi connectivity index (χ1v) is 5.95. The Morgan fingerprint density at radius 2 is 2.00 bits per heavy atom. The van der Waals surface area contributed by atoms with Gasteiger partial charge < -0.3 is 9.64 Å². The lowest BCUT2D eigenvalue weighted by atomic mass is 10.2. The van der Waals surface area contributed by atoms with Crippen LogP contribution in [-0.2, 0) is 4.74 Å². The van der Waals surface area contributed by atoms with Gasteiger partial charge >= 0.3 is 0 Å². The zero-order valence-electron chi connectivity index (χ0n) is 8.98. The lowest BCUT2D eigenvalue weighted by molar-refractivity contribution is -0.00523. The molecule has 0 amide bonds. The maximum absolute atomic E-state index is 5.69. The predicted octanol–water partition coefficient (Wildman–Crippen LogP) is 2.46. The summed E-state index contributed by atoms with van der Waals surface area (Å²) in [6, 6.07) is 2.09. The van der Waals surface area contributed by atoms with Gasteiger partial charge in [-0.25, -0.2) is 0 Å². The number of hydrogen-bond acceptors (Lipinski definition) is 3. The lowest BCUT2D eigenvalue weighted by Crippen LogP contribution is -2.45. The second kappa shape index (κ2) is 4.49. The molecule has 3 nitrogen and oxygen atoms in total. The molecule has 1 aromatic heterocycles. The Hall–Kier alpha value is -0.610. The van der Waals surface area contributed by atoms with Gasteiger partial charge in [0.1, 0.15) is 0 Å². The van der Waals surface area contributed by atoms with Gasteiger partial charge in [-0.2, -0.15) is 0 Å². The summed E-state index contributed by atoms with van der Waals surface area (Å²) in [5.41, 5.74) is 1.16. The van der Waals surface area contributed by atoms with Crippen LogP contribution in [-0.4, -0.2) is 30.3 Å². The van der Waals surface area contributed by atoms with Crippen molar-refractivity contribution >= 4 is 21.6 Å². The Balaban J connectivity index is 2.16. The molecule has 4 heteroatoms.